The molecule has 0 bridgehead atoms. The fraction of sp³-hybridized carbons (Fsp3) is 1.00. The second-order valence-electron chi connectivity index (χ2n) is 7.00. The van der Waals surface area contributed by atoms with Gasteiger partial charge in [-0.2, -0.15) is 0 Å². The van der Waals surface area contributed by atoms with Crippen molar-refractivity contribution in [3.8, 4) is 0 Å². The van der Waals surface area contributed by atoms with Crippen LogP contribution in [0.3, 0.4) is 0 Å². The van der Waals surface area contributed by atoms with Crippen LogP contribution in [-0.4, -0.2) is 12.6 Å². The predicted octanol–water partition coefficient (Wildman–Crippen LogP) is 5.93. The first-order chi connectivity index (χ1) is 9.80. The van der Waals surface area contributed by atoms with Gasteiger partial charge in [0.1, 0.15) is 0 Å². The monoisotopic (exact) mass is 281 g/mol. The molecule has 0 aromatic rings. The van der Waals surface area contributed by atoms with Gasteiger partial charge in [0, 0.05) is 6.04 Å². The van der Waals surface area contributed by atoms with Crippen molar-refractivity contribution >= 4 is 0 Å². The lowest BCUT2D eigenvalue weighted by Crippen LogP contribution is -2.33. The summed E-state index contributed by atoms with van der Waals surface area (Å²) >= 11 is 0. The number of rotatable bonds is 10. The van der Waals surface area contributed by atoms with E-state index in [0.717, 1.165) is 24.4 Å². The molecular weight excluding hydrogens is 242 g/mol. The molecule has 1 aliphatic rings. The maximum Gasteiger partial charge on any atom is 0.00722 e. The molecule has 1 nitrogen and oxygen atoms in total. The van der Waals surface area contributed by atoms with Crippen LogP contribution >= 0.6 is 0 Å². The van der Waals surface area contributed by atoms with Crippen LogP contribution in [0.2, 0.25) is 0 Å². The lowest BCUT2D eigenvalue weighted by atomic mass is 9.85. The van der Waals surface area contributed by atoms with E-state index in [1.54, 1.807) is 0 Å². The van der Waals surface area contributed by atoms with Crippen LogP contribution in [0.1, 0.15) is 97.8 Å². The molecule has 0 aromatic carbocycles. The highest BCUT2D eigenvalue weighted by Gasteiger charge is 2.20. The maximum atomic E-state index is 3.79. The molecule has 0 aliphatic heterocycles. The lowest BCUT2D eigenvalue weighted by Gasteiger charge is -2.27. The second kappa shape index (κ2) is 11.6. The van der Waals surface area contributed by atoms with Gasteiger partial charge in [0.15, 0.2) is 0 Å². The number of nitrogens with one attached hydrogen (secondary N) is 1. The quantitative estimate of drug-likeness (QED) is 0.489. The first kappa shape index (κ1) is 18.0. The predicted molar refractivity (Wildman–Crippen MR) is 91.2 cm³/mol. The minimum atomic E-state index is 0.782. The smallest absolute Gasteiger partial charge is 0.00722 e. The van der Waals surface area contributed by atoms with E-state index in [1.165, 1.54) is 77.0 Å². The third-order valence-electron chi connectivity index (χ3n) is 5.25. The lowest BCUT2D eigenvalue weighted by molar-refractivity contribution is 0.292. The minimum Gasteiger partial charge on any atom is -0.314 e. The third-order valence-corrected chi connectivity index (χ3v) is 5.25. The highest BCUT2D eigenvalue weighted by atomic mass is 14.9. The fourth-order valence-electron chi connectivity index (χ4n) is 3.94. The molecule has 1 aliphatic carbocycles. The zero-order valence-corrected chi connectivity index (χ0v) is 14.4. The molecular formula is C19H39N. The molecule has 1 saturated carbocycles. The Hall–Kier alpha value is -0.0400. The summed E-state index contributed by atoms with van der Waals surface area (Å²) in [4.78, 5) is 0. The Morgan fingerprint density at radius 3 is 2.25 bits per heavy atom. The van der Waals surface area contributed by atoms with Crippen LogP contribution in [0.4, 0.5) is 0 Å². The van der Waals surface area contributed by atoms with Gasteiger partial charge in [0.2, 0.25) is 0 Å². The molecule has 1 N–H and O–H groups in total. The maximum absolute atomic E-state index is 3.79. The van der Waals surface area contributed by atoms with Crippen molar-refractivity contribution < 1.29 is 0 Å². The van der Waals surface area contributed by atoms with E-state index < -0.39 is 0 Å². The molecule has 0 radical (unpaired) electrons. The van der Waals surface area contributed by atoms with E-state index in [0.29, 0.717) is 0 Å². The molecule has 2 unspecified atom stereocenters. The van der Waals surface area contributed by atoms with Crippen LogP contribution in [0, 0.1) is 11.8 Å². The Bertz CT molecular complexity index is 206. The van der Waals surface area contributed by atoms with Crippen LogP contribution in [0.15, 0.2) is 0 Å². The van der Waals surface area contributed by atoms with Gasteiger partial charge < -0.3 is 5.32 Å². The van der Waals surface area contributed by atoms with E-state index >= 15 is 0 Å². The number of unbranched alkanes of at least 4 members (excludes halogenated alkanes) is 1. The van der Waals surface area contributed by atoms with Gasteiger partial charge in [-0.1, -0.05) is 85.0 Å². The zero-order valence-electron chi connectivity index (χ0n) is 14.4. The standard InChI is InChI=1S/C19H39N/c1-4-7-12-17(5-2)15-19(20-6-3)16-18-13-10-8-9-11-14-18/h17-20H,4-16H2,1-3H3. The molecule has 0 heterocycles. The Kier molecular flexibility index (Phi) is 10.4. The van der Waals surface area contributed by atoms with Crippen molar-refractivity contribution in [1.29, 1.82) is 0 Å². The Balaban J connectivity index is 2.40. The van der Waals surface area contributed by atoms with Crippen LogP contribution < -0.4 is 5.32 Å². The molecule has 1 heteroatoms. The Morgan fingerprint density at radius 1 is 1.00 bits per heavy atom. The molecule has 2 atom stereocenters. The summed E-state index contributed by atoms with van der Waals surface area (Å²) in [5.41, 5.74) is 0. The topological polar surface area (TPSA) is 12.0 Å². The molecule has 0 aromatic heterocycles. The summed E-state index contributed by atoms with van der Waals surface area (Å²) < 4.78 is 0. The van der Waals surface area contributed by atoms with E-state index in [4.69, 9.17) is 0 Å². The molecule has 120 valence electrons. The summed E-state index contributed by atoms with van der Waals surface area (Å²) in [6.07, 6.45) is 17.4. The van der Waals surface area contributed by atoms with Crippen molar-refractivity contribution in [3.63, 3.8) is 0 Å². The average Bonchev–Trinajstić information content (AvgIpc) is 2.72. The molecule has 1 fully saturated rings. The first-order valence-corrected chi connectivity index (χ1v) is 9.53. The van der Waals surface area contributed by atoms with Crippen LogP contribution in [0.5, 0.6) is 0 Å². The van der Waals surface area contributed by atoms with Gasteiger partial charge in [-0.25, -0.2) is 0 Å². The van der Waals surface area contributed by atoms with Gasteiger partial charge in [-0.15, -0.1) is 0 Å². The normalized spacial score (nSPS) is 20.6. The highest BCUT2D eigenvalue weighted by Crippen LogP contribution is 2.29. The fourth-order valence-corrected chi connectivity index (χ4v) is 3.94. The SMILES string of the molecule is CCCCC(CC)CC(CC1CCCCCC1)NCC. The van der Waals surface area contributed by atoms with Gasteiger partial charge >= 0.3 is 0 Å². The van der Waals surface area contributed by atoms with Gasteiger partial charge in [-0.3, -0.25) is 0 Å². The van der Waals surface area contributed by atoms with E-state index in [-0.39, 0.29) is 0 Å². The molecule has 0 amide bonds. The molecule has 1 rings (SSSR count). The highest BCUT2D eigenvalue weighted by molar-refractivity contribution is 4.76. The number of hydrogen-bond acceptors (Lipinski definition) is 1. The van der Waals surface area contributed by atoms with Crippen molar-refractivity contribution in [2.24, 2.45) is 11.8 Å². The van der Waals surface area contributed by atoms with Crippen molar-refractivity contribution in [2.45, 2.75) is 104 Å². The van der Waals surface area contributed by atoms with Gasteiger partial charge in [0.25, 0.3) is 0 Å². The zero-order chi connectivity index (χ0) is 14.6. The second-order valence-corrected chi connectivity index (χ2v) is 7.00. The minimum absolute atomic E-state index is 0.782. The Morgan fingerprint density at radius 2 is 1.70 bits per heavy atom. The summed E-state index contributed by atoms with van der Waals surface area (Å²) in [6, 6.07) is 0.782. The van der Waals surface area contributed by atoms with Crippen molar-refractivity contribution in [3.05, 3.63) is 0 Å². The van der Waals surface area contributed by atoms with Gasteiger partial charge in [-0.05, 0) is 31.2 Å². The van der Waals surface area contributed by atoms with E-state index in [2.05, 4.69) is 26.1 Å². The molecule has 0 saturated heterocycles. The first-order valence-electron chi connectivity index (χ1n) is 9.53. The van der Waals surface area contributed by atoms with E-state index in [9.17, 15) is 0 Å². The largest absolute Gasteiger partial charge is 0.314 e. The summed E-state index contributed by atoms with van der Waals surface area (Å²) in [5.74, 6) is 1.95. The summed E-state index contributed by atoms with van der Waals surface area (Å²) in [7, 11) is 0. The average molecular weight is 282 g/mol. The van der Waals surface area contributed by atoms with Crippen molar-refractivity contribution in [2.75, 3.05) is 6.54 Å². The summed E-state index contributed by atoms with van der Waals surface area (Å²) in [6.45, 7) is 8.11. The van der Waals surface area contributed by atoms with Gasteiger partial charge in [0.05, 0.1) is 0 Å². The Labute approximate surface area is 128 Å². The summed E-state index contributed by atoms with van der Waals surface area (Å²) in [5, 5.41) is 3.79. The third kappa shape index (κ3) is 7.67. The molecule has 0 spiro atoms. The number of hydrogen-bond donors (Lipinski definition) is 1. The van der Waals surface area contributed by atoms with Crippen molar-refractivity contribution in [1.82, 2.24) is 5.32 Å². The van der Waals surface area contributed by atoms with Crippen LogP contribution in [0.25, 0.3) is 0 Å². The molecule has 20 heavy (non-hydrogen) atoms. The van der Waals surface area contributed by atoms with Crippen LogP contribution in [-0.2, 0) is 0 Å². The van der Waals surface area contributed by atoms with E-state index in [1.807, 2.05) is 0 Å².